The molecular formula is C11H22N2S. The Morgan fingerprint density at radius 3 is 2.86 bits per heavy atom. The quantitative estimate of drug-likeness (QED) is 0.765. The molecule has 1 aliphatic heterocycles. The minimum Gasteiger partial charge on any atom is -0.319 e. The summed E-state index contributed by atoms with van der Waals surface area (Å²) in [7, 11) is 2.07. The lowest BCUT2D eigenvalue weighted by atomic mass is 9.78. The van der Waals surface area contributed by atoms with E-state index in [1.807, 2.05) is 0 Å². The van der Waals surface area contributed by atoms with Gasteiger partial charge in [0.2, 0.25) is 0 Å². The highest BCUT2D eigenvalue weighted by Gasteiger charge is 2.37. The molecule has 0 bridgehead atoms. The molecule has 1 aliphatic carbocycles. The van der Waals surface area contributed by atoms with Crippen LogP contribution in [0.15, 0.2) is 0 Å². The smallest absolute Gasteiger partial charge is 0.0161 e. The van der Waals surface area contributed by atoms with Gasteiger partial charge in [0.05, 0.1) is 0 Å². The molecule has 0 spiro atoms. The van der Waals surface area contributed by atoms with Crippen molar-refractivity contribution >= 4 is 11.8 Å². The van der Waals surface area contributed by atoms with Crippen LogP contribution in [0, 0.1) is 5.92 Å². The number of hydrogen-bond acceptors (Lipinski definition) is 3. The van der Waals surface area contributed by atoms with Crippen LogP contribution in [0.4, 0.5) is 0 Å². The zero-order chi connectivity index (χ0) is 9.97. The second-order valence-electron chi connectivity index (χ2n) is 4.62. The summed E-state index contributed by atoms with van der Waals surface area (Å²) >= 11 is 2.12. The fourth-order valence-electron chi connectivity index (χ4n) is 2.72. The number of thioether (sulfide) groups is 1. The summed E-state index contributed by atoms with van der Waals surface area (Å²) in [5.41, 5.74) is 0. The average molecular weight is 214 g/mol. The lowest BCUT2D eigenvalue weighted by Crippen LogP contribution is -2.55. The van der Waals surface area contributed by atoms with Crippen LogP contribution >= 0.6 is 11.8 Å². The number of nitrogens with one attached hydrogen (secondary N) is 1. The SMILES string of the molecule is CNCC1CCC1N1CCSCC1C. The van der Waals surface area contributed by atoms with Gasteiger partial charge in [-0.25, -0.2) is 0 Å². The van der Waals surface area contributed by atoms with Gasteiger partial charge in [-0.2, -0.15) is 11.8 Å². The summed E-state index contributed by atoms with van der Waals surface area (Å²) in [6, 6.07) is 1.69. The summed E-state index contributed by atoms with van der Waals surface area (Å²) < 4.78 is 0. The Balaban J connectivity index is 1.87. The Bertz CT molecular complexity index is 186. The van der Waals surface area contributed by atoms with Crippen molar-refractivity contribution in [3.8, 4) is 0 Å². The molecule has 1 saturated carbocycles. The number of hydrogen-bond donors (Lipinski definition) is 1. The molecule has 82 valence electrons. The fraction of sp³-hybridized carbons (Fsp3) is 1.00. The first kappa shape index (κ1) is 10.8. The van der Waals surface area contributed by atoms with Crippen molar-refractivity contribution in [2.75, 3.05) is 31.6 Å². The van der Waals surface area contributed by atoms with E-state index in [0.717, 1.165) is 18.0 Å². The molecule has 0 aromatic rings. The van der Waals surface area contributed by atoms with E-state index in [-0.39, 0.29) is 0 Å². The van der Waals surface area contributed by atoms with Gasteiger partial charge in [0.15, 0.2) is 0 Å². The molecule has 3 unspecified atom stereocenters. The molecule has 3 heteroatoms. The molecule has 3 atom stereocenters. The highest BCUT2D eigenvalue weighted by molar-refractivity contribution is 7.99. The van der Waals surface area contributed by atoms with Gasteiger partial charge in [-0.05, 0) is 39.3 Å². The van der Waals surface area contributed by atoms with Crippen LogP contribution in [0.3, 0.4) is 0 Å². The van der Waals surface area contributed by atoms with Crippen molar-refractivity contribution in [3.05, 3.63) is 0 Å². The monoisotopic (exact) mass is 214 g/mol. The summed E-state index contributed by atoms with van der Waals surface area (Å²) in [4.78, 5) is 2.75. The second kappa shape index (κ2) is 4.86. The first-order valence-corrected chi connectivity index (χ1v) is 6.96. The van der Waals surface area contributed by atoms with Gasteiger partial charge in [0, 0.05) is 30.1 Å². The zero-order valence-corrected chi connectivity index (χ0v) is 10.1. The topological polar surface area (TPSA) is 15.3 Å². The van der Waals surface area contributed by atoms with Gasteiger partial charge in [-0.15, -0.1) is 0 Å². The predicted octanol–water partition coefficient (Wildman–Crippen LogP) is 1.42. The Hall–Kier alpha value is 0.270. The fourth-order valence-corrected chi connectivity index (χ4v) is 3.76. The van der Waals surface area contributed by atoms with Crippen molar-refractivity contribution in [1.29, 1.82) is 0 Å². The second-order valence-corrected chi connectivity index (χ2v) is 5.77. The maximum absolute atomic E-state index is 3.32. The third-order valence-corrected chi connectivity index (χ3v) is 4.88. The number of rotatable bonds is 3. The van der Waals surface area contributed by atoms with Crippen molar-refractivity contribution in [2.24, 2.45) is 5.92 Å². The highest BCUT2D eigenvalue weighted by Crippen LogP contribution is 2.34. The molecule has 1 N–H and O–H groups in total. The minimum atomic E-state index is 0.804. The van der Waals surface area contributed by atoms with E-state index >= 15 is 0 Å². The Labute approximate surface area is 91.8 Å². The average Bonchev–Trinajstić information content (AvgIpc) is 2.16. The standard InChI is InChI=1S/C11H22N2S/c1-9-8-14-6-5-13(9)11-4-3-10(11)7-12-2/h9-12H,3-8H2,1-2H3. The van der Waals surface area contributed by atoms with Crippen LogP contribution in [0.5, 0.6) is 0 Å². The Morgan fingerprint density at radius 1 is 1.43 bits per heavy atom. The van der Waals surface area contributed by atoms with E-state index in [1.165, 1.54) is 37.4 Å². The van der Waals surface area contributed by atoms with Crippen LogP contribution in [-0.4, -0.2) is 48.6 Å². The van der Waals surface area contributed by atoms with Gasteiger partial charge in [0.25, 0.3) is 0 Å². The van der Waals surface area contributed by atoms with Crippen LogP contribution in [0.2, 0.25) is 0 Å². The lowest BCUT2D eigenvalue weighted by Gasteiger charge is -2.48. The van der Waals surface area contributed by atoms with Gasteiger partial charge < -0.3 is 5.32 Å². The predicted molar refractivity (Wildman–Crippen MR) is 63.9 cm³/mol. The normalized spacial score (nSPS) is 39.4. The maximum Gasteiger partial charge on any atom is 0.0161 e. The molecule has 2 aliphatic rings. The number of nitrogens with zero attached hydrogens (tertiary/aromatic N) is 1. The van der Waals surface area contributed by atoms with Crippen LogP contribution in [0.25, 0.3) is 0 Å². The van der Waals surface area contributed by atoms with Crippen LogP contribution in [0.1, 0.15) is 19.8 Å². The van der Waals surface area contributed by atoms with E-state index in [0.29, 0.717) is 0 Å². The van der Waals surface area contributed by atoms with Crippen molar-refractivity contribution in [3.63, 3.8) is 0 Å². The van der Waals surface area contributed by atoms with E-state index in [2.05, 4.69) is 35.9 Å². The Kier molecular flexibility index (Phi) is 3.74. The third kappa shape index (κ3) is 2.10. The highest BCUT2D eigenvalue weighted by atomic mass is 32.2. The third-order valence-electron chi connectivity index (χ3n) is 3.69. The molecular weight excluding hydrogens is 192 g/mol. The summed E-state index contributed by atoms with van der Waals surface area (Å²) in [6.45, 7) is 4.92. The van der Waals surface area contributed by atoms with Crippen molar-refractivity contribution < 1.29 is 0 Å². The zero-order valence-electron chi connectivity index (χ0n) is 9.33. The first-order valence-electron chi connectivity index (χ1n) is 5.81. The molecule has 14 heavy (non-hydrogen) atoms. The van der Waals surface area contributed by atoms with E-state index in [1.54, 1.807) is 0 Å². The van der Waals surface area contributed by atoms with E-state index in [9.17, 15) is 0 Å². The van der Waals surface area contributed by atoms with Gasteiger partial charge >= 0.3 is 0 Å². The van der Waals surface area contributed by atoms with Gasteiger partial charge in [-0.3, -0.25) is 4.90 Å². The van der Waals surface area contributed by atoms with Crippen molar-refractivity contribution in [2.45, 2.75) is 31.8 Å². The summed E-state index contributed by atoms with van der Waals surface area (Å²) in [6.07, 6.45) is 2.86. The van der Waals surface area contributed by atoms with Crippen molar-refractivity contribution in [1.82, 2.24) is 10.2 Å². The Morgan fingerprint density at radius 2 is 2.29 bits per heavy atom. The maximum atomic E-state index is 3.32. The minimum absolute atomic E-state index is 0.804. The molecule has 2 fully saturated rings. The van der Waals surface area contributed by atoms with Gasteiger partial charge in [-0.1, -0.05) is 0 Å². The van der Waals surface area contributed by atoms with Gasteiger partial charge in [0.1, 0.15) is 0 Å². The molecule has 0 amide bonds. The molecule has 0 aromatic carbocycles. The first-order chi connectivity index (χ1) is 6.83. The molecule has 0 radical (unpaired) electrons. The molecule has 1 heterocycles. The molecule has 0 aromatic heterocycles. The van der Waals surface area contributed by atoms with E-state index in [4.69, 9.17) is 0 Å². The summed E-state index contributed by atoms with van der Waals surface area (Å²) in [5, 5.41) is 3.32. The van der Waals surface area contributed by atoms with E-state index < -0.39 is 0 Å². The largest absolute Gasteiger partial charge is 0.319 e. The molecule has 1 saturated heterocycles. The van der Waals surface area contributed by atoms with Crippen LogP contribution in [-0.2, 0) is 0 Å². The van der Waals surface area contributed by atoms with Crippen LogP contribution < -0.4 is 5.32 Å². The molecule has 2 rings (SSSR count). The lowest BCUT2D eigenvalue weighted by molar-refractivity contribution is 0.0431. The molecule has 2 nitrogen and oxygen atoms in total. The summed E-state index contributed by atoms with van der Waals surface area (Å²) in [5.74, 6) is 3.60.